The Morgan fingerprint density at radius 3 is 2.47 bits per heavy atom. The van der Waals surface area contributed by atoms with E-state index in [1.54, 1.807) is 0 Å². The number of hydrogen-bond donors (Lipinski definition) is 2. The van der Waals surface area contributed by atoms with Gasteiger partial charge in [-0.2, -0.15) is 0 Å². The second-order valence-corrected chi connectivity index (χ2v) is 4.29. The van der Waals surface area contributed by atoms with E-state index in [4.69, 9.17) is 5.73 Å². The average Bonchev–Trinajstić information content (AvgIpc) is 2.34. The van der Waals surface area contributed by atoms with Crippen LogP contribution in [0.1, 0.15) is 26.3 Å². The van der Waals surface area contributed by atoms with Crippen molar-refractivity contribution in [3.63, 3.8) is 0 Å². The molecule has 1 amide bonds. The van der Waals surface area contributed by atoms with Crippen molar-refractivity contribution in [2.75, 3.05) is 30.3 Å². The maximum atomic E-state index is 10.8. The summed E-state index contributed by atoms with van der Waals surface area (Å²) in [7, 11) is 0. The van der Waals surface area contributed by atoms with Gasteiger partial charge in [-0.3, -0.25) is 4.79 Å². The summed E-state index contributed by atoms with van der Waals surface area (Å²) in [4.78, 5) is 13.1. The number of carbonyl (C=O) groups excluding carboxylic acids is 1. The average molecular weight is 286 g/mol. The van der Waals surface area contributed by atoms with Crippen LogP contribution in [0.3, 0.4) is 0 Å². The third kappa shape index (κ3) is 5.39. The van der Waals surface area contributed by atoms with Gasteiger partial charge in [-0.05, 0) is 44.0 Å². The van der Waals surface area contributed by atoms with Crippen molar-refractivity contribution in [2.45, 2.75) is 27.2 Å². The molecular formula is C14H24ClN3O. The molecular weight excluding hydrogens is 262 g/mol. The third-order valence-corrected chi connectivity index (χ3v) is 3.02. The molecule has 1 aromatic rings. The first kappa shape index (κ1) is 17.6. The van der Waals surface area contributed by atoms with Crippen LogP contribution in [0, 0.1) is 0 Å². The number of anilines is 2. The van der Waals surface area contributed by atoms with E-state index in [0.29, 0.717) is 6.54 Å². The number of amides is 1. The Bertz CT molecular complexity index is 406. The van der Waals surface area contributed by atoms with Gasteiger partial charge in [0, 0.05) is 37.9 Å². The molecule has 0 fully saturated rings. The maximum absolute atomic E-state index is 10.8. The number of carbonyl (C=O) groups is 1. The zero-order chi connectivity index (χ0) is 13.5. The highest BCUT2D eigenvalue weighted by Gasteiger charge is 2.06. The van der Waals surface area contributed by atoms with Crippen LogP contribution in [-0.4, -0.2) is 25.5 Å². The van der Waals surface area contributed by atoms with E-state index in [0.717, 1.165) is 30.8 Å². The summed E-state index contributed by atoms with van der Waals surface area (Å²) in [5.41, 5.74) is 9.02. The van der Waals surface area contributed by atoms with Gasteiger partial charge in [0.05, 0.1) is 0 Å². The Morgan fingerprint density at radius 2 is 1.95 bits per heavy atom. The number of hydrogen-bond acceptors (Lipinski definition) is 3. The van der Waals surface area contributed by atoms with Crippen LogP contribution >= 0.6 is 12.4 Å². The monoisotopic (exact) mass is 285 g/mol. The van der Waals surface area contributed by atoms with E-state index in [-0.39, 0.29) is 18.3 Å². The van der Waals surface area contributed by atoms with Gasteiger partial charge in [0.25, 0.3) is 0 Å². The summed E-state index contributed by atoms with van der Waals surface area (Å²) < 4.78 is 0. The molecule has 0 aliphatic heterocycles. The van der Waals surface area contributed by atoms with E-state index >= 15 is 0 Å². The number of rotatable bonds is 6. The van der Waals surface area contributed by atoms with E-state index < -0.39 is 0 Å². The van der Waals surface area contributed by atoms with Crippen LogP contribution < -0.4 is 16.0 Å². The van der Waals surface area contributed by atoms with Crippen molar-refractivity contribution in [3.05, 3.63) is 23.8 Å². The fourth-order valence-electron chi connectivity index (χ4n) is 1.97. The molecule has 0 saturated heterocycles. The molecule has 0 unspecified atom stereocenters. The van der Waals surface area contributed by atoms with Gasteiger partial charge in [0.2, 0.25) is 5.91 Å². The minimum Gasteiger partial charge on any atom is -0.399 e. The summed E-state index contributed by atoms with van der Waals surface area (Å²) in [6, 6.07) is 6.10. The van der Waals surface area contributed by atoms with Crippen molar-refractivity contribution in [3.8, 4) is 0 Å². The van der Waals surface area contributed by atoms with E-state index in [9.17, 15) is 4.79 Å². The van der Waals surface area contributed by atoms with Crippen molar-refractivity contribution >= 4 is 29.7 Å². The lowest BCUT2D eigenvalue weighted by atomic mass is 10.1. The van der Waals surface area contributed by atoms with Crippen molar-refractivity contribution < 1.29 is 4.79 Å². The molecule has 0 radical (unpaired) electrons. The Morgan fingerprint density at radius 1 is 1.32 bits per heavy atom. The quantitative estimate of drug-likeness (QED) is 0.788. The van der Waals surface area contributed by atoms with Crippen molar-refractivity contribution in [2.24, 2.45) is 0 Å². The molecule has 0 aromatic heterocycles. The fourth-order valence-corrected chi connectivity index (χ4v) is 1.97. The zero-order valence-electron chi connectivity index (χ0n) is 11.9. The molecule has 0 spiro atoms. The van der Waals surface area contributed by atoms with Gasteiger partial charge in [-0.15, -0.1) is 12.4 Å². The maximum Gasteiger partial charge on any atom is 0.216 e. The van der Waals surface area contributed by atoms with E-state index in [1.165, 1.54) is 12.6 Å². The Balaban J connectivity index is 0.00000324. The topological polar surface area (TPSA) is 58.4 Å². The van der Waals surface area contributed by atoms with Crippen LogP contribution in [0.25, 0.3) is 0 Å². The number of halogens is 1. The number of benzene rings is 1. The summed E-state index contributed by atoms with van der Waals surface area (Å²) >= 11 is 0. The lowest BCUT2D eigenvalue weighted by Gasteiger charge is -2.22. The molecule has 0 aliphatic carbocycles. The molecule has 0 saturated carbocycles. The SMILES string of the molecule is CCN(CC)c1ccc(N)c(CCNC(C)=O)c1.Cl. The van der Waals surface area contributed by atoms with Crippen molar-refractivity contribution in [1.29, 1.82) is 0 Å². The number of nitrogens with zero attached hydrogens (tertiary/aromatic N) is 1. The lowest BCUT2D eigenvalue weighted by Crippen LogP contribution is -2.24. The fraction of sp³-hybridized carbons (Fsp3) is 0.500. The summed E-state index contributed by atoms with van der Waals surface area (Å²) in [5, 5.41) is 2.79. The minimum absolute atomic E-state index is 0. The lowest BCUT2D eigenvalue weighted by molar-refractivity contribution is -0.118. The van der Waals surface area contributed by atoms with Gasteiger partial charge in [-0.25, -0.2) is 0 Å². The standard InChI is InChI=1S/C14H23N3O.ClH/c1-4-17(5-2)13-6-7-14(15)12(10-13)8-9-16-11(3)18;/h6-7,10H,4-5,8-9,15H2,1-3H3,(H,16,18);1H. The van der Waals surface area contributed by atoms with E-state index in [2.05, 4.69) is 30.1 Å². The van der Waals surface area contributed by atoms with Gasteiger partial charge >= 0.3 is 0 Å². The van der Waals surface area contributed by atoms with Gasteiger partial charge in [0.15, 0.2) is 0 Å². The molecule has 4 nitrogen and oxygen atoms in total. The van der Waals surface area contributed by atoms with Gasteiger partial charge in [-0.1, -0.05) is 0 Å². The van der Waals surface area contributed by atoms with Crippen LogP contribution in [-0.2, 0) is 11.2 Å². The molecule has 108 valence electrons. The molecule has 19 heavy (non-hydrogen) atoms. The van der Waals surface area contributed by atoms with Gasteiger partial charge < -0.3 is 16.0 Å². The first-order valence-electron chi connectivity index (χ1n) is 6.46. The summed E-state index contributed by atoms with van der Waals surface area (Å²) in [6.45, 7) is 8.38. The second-order valence-electron chi connectivity index (χ2n) is 4.29. The summed E-state index contributed by atoms with van der Waals surface area (Å²) in [6.07, 6.45) is 0.764. The Kier molecular flexibility index (Phi) is 8.00. The number of nitrogen functional groups attached to an aromatic ring is 1. The number of nitrogens with one attached hydrogen (secondary N) is 1. The van der Waals surface area contributed by atoms with Crippen molar-refractivity contribution in [1.82, 2.24) is 5.32 Å². The molecule has 1 rings (SSSR count). The molecule has 0 heterocycles. The molecule has 0 bridgehead atoms. The molecule has 0 aliphatic rings. The molecule has 5 heteroatoms. The molecule has 3 N–H and O–H groups in total. The van der Waals surface area contributed by atoms with Crippen LogP contribution in [0.15, 0.2) is 18.2 Å². The second kappa shape index (κ2) is 8.64. The highest BCUT2D eigenvalue weighted by atomic mass is 35.5. The highest BCUT2D eigenvalue weighted by Crippen LogP contribution is 2.21. The van der Waals surface area contributed by atoms with Crippen LogP contribution in [0.5, 0.6) is 0 Å². The normalized spacial score (nSPS) is 9.63. The van der Waals surface area contributed by atoms with E-state index in [1.807, 2.05) is 12.1 Å². The Hall–Kier alpha value is -1.42. The van der Waals surface area contributed by atoms with Crippen LogP contribution in [0.4, 0.5) is 11.4 Å². The summed E-state index contributed by atoms with van der Waals surface area (Å²) in [5.74, 6) is -0.00605. The molecule has 0 atom stereocenters. The number of nitrogens with two attached hydrogens (primary N) is 1. The largest absolute Gasteiger partial charge is 0.399 e. The van der Waals surface area contributed by atoms with Crippen LogP contribution in [0.2, 0.25) is 0 Å². The van der Waals surface area contributed by atoms with Gasteiger partial charge in [0.1, 0.15) is 0 Å². The predicted octanol–water partition coefficient (Wildman–Crippen LogP) is 2.22. The first-order valence-corrected chi connectivity index (χ1v) is 6.46. The Labute approximate surface area is 121 Å². The third-order valence-electron chi connectivity index (χ3n) is 3.02. The first-order chi connectivity index (χ1) is 8.58. The molecule has 1 aromatic carbocycles. The smallest absolute Gasteiger partial charge is 0.216 e. The predicted molar refractivity (Wildman–Crippen MR) is 84.1 cm³/mol. The minimum atomic E-state index is -0.00605. The highest BCUT2D eigenvalue weighted by molar-refractivity contribution is 5.85. The zero-order valence-corrected chi connectivity index (χ0v) is 12.7.